The van der Waals surface area contributed by atoms with Crippen LogP contribution >= 0.6 is 11.3 Å². The van der Waals surface area contributed by atoms with Gasteiger partial charge in [0.1, 0.15) is 11.9 Å². The number of ether oxygens (including phenoxy) is 2. The van der Waals surface area contributed by atoms with Gasteiger partial charge in [-0.3, -0.25) is 9.79 Å². The number of rotatable bonds is 8. The van der Waals surface area contributed by atoms with Gasteiger partial charge in [-0.15, -0.1) is 11.3 Å². The lowest BCUT2D eigenvalue weighted by Crippen LogP contribution is -2.42. The van der Waals surface area contributed by atoms with E-state index in [4.69, 9.17) is 14.5 Å². The second-order valence-electron chi connectivity index (χ2n) is 9.75. The Hall–Kier alpha value is -4.19. The van der Waals surface area contributed by atoms with Gasteiger partial charge in [0.25, 0.3) is 0 Å². The molecule has 0 saturated carbocycles. The van der Waals surface area contributed by atoms with Crippen LogP contribution in [0.25, 0.3) is 0 Å². The zero-order chi connectivity index (χ0) is 28.9. The molecule has 0 amide bonds. The van der Waals surface area contributed by atoms with Crippen molar-refractivity contribution in [2.24, 2.45) is 10.9 Å². The number of methoxy groups -OCH3 is 1. The Balaban J connectivity index is 1.42. The molecule has 1 aromatic carbocycles. The lowest BCUT2D eigenvalue weighted by molar-refractivity contribution is -0.142. The van der Waals surface area contributed by atoms with Gasteiger partial charge in [-0.25, -0.2) is 24.1 Å². The molecular weight excluding hydrogens is 547 g/mol. The summed E-state index contributed by atoms with van der Waals surface area (Å²) in [7, 11) is 1.34. The smallest absolute Gasteiger partial charge is 0.338 e. The molecule has 1 fully saturated rings. The van der Waals surface area contributed by atoms with E-state index in [2.05, 4.69) is 25.2 Å². The fourth-order valence-corrected chi connectivity index (χ4v) is 5.75. The van der Waals surface area contributed by atoms with Crippen LogP contribution in [0.2, 0.25) is 0 Å². The first kappa shape index (κ1) is 28.3. The number of amidine groups is 1. The number of nitrogens with one attached hydrogen (secondary N) is 1. The summed E-state index contributed by atoms with van der Waals surface area (Å²) in [6, 6.07) is 4.07. The molecule has 12 heteroatoms. The molecule has 214 valence electrons. The molecule has 1 unspecified atom stereocenters. The number of esters is 2. The first-order valence-corrected chi connectivity index (χ1v) is 14.3. The number of thiazole rings is 1. The quantitative estimate of drug-likeness (QED) is 0.397. The Bertz CT molecular complexity index is 1470. The third-order valence-corrected chi connectivity index (χ3v) is 8.03. The van der Waals surface area contributed by atoms with Crippen molar-refractivity contribution in [3.63, 3.8) is 0 Å². The number of aromatic nitrogens is 3. The van der Waals surface area contributed by atoms with E-state index in [-0.39, 0.29) is 24.1 Å². The van der Waals surface area contributed by atoms with Crippen molar-refractivity contribution < 1.29 is 23.5 Å². The summed E-state index contributed by atoms with van der Waals surface area (Å²) in [5.41, 5.74) is 2.82. The van der Waals surface area contributed by atoms with E-state index in [9.17, 15) is 14.0 Å². The summed E-state index contributed by atoms with van der Waals surface area (Å²) in [5, 5.41) is 5.94. The lowest BCUT2D eigenvalue weighted by Gasteiger charge is -2.36. The van der Waals surface area contributed by atoms with E-state index in [1.165, 1.54) is 24.5 Å². The summed E-state index contributed by atoms with van der Waals surface area (Å²) in [6.07, 6.45) is 6.53. The SMILES string of the molecule is CCOC(=O)Cc1cnc(N2CCC(C3=C(C(=O)OC)C(c4cccc(F)c4C)N=C(c4nccs4)N3)CC2)nc1. The van der Waals surface area contributed by atoms with Crippen LogP contribution in [0.5, 0.6) is 0 Å². The van der Waals surface area contributed by atoms with E-state index in [1.54, 1.807) is 44.6 Å². The van der Waals surface area contributed by atoms with Gasteiger partial charge in [0.15, 0.2) is 10.8 Å². The number of hydrogen-bond acceptors (Lipinski definition) is 11. The van der Waals surface area contributed by atoms with Gasteiger partial charge in [0.05, 0.1) is 25.7 Å². The number of carbonyl (C=O) groups excluding carboxylic acids is 2. The van der Waals surface area contributed by atoms with E-state index in [0.29, 0.717) is 71.6 Å². The number of hydrogen-bond donors (Lipinski definition) is 1. The van der Waals surface area contributed by atoms with Crippen LogP contribution in [0.1, 0.15) is 47.5 Å². The van der Waals surface area contributed by atoms with Crippen LogP contribution < -0.4 is 10.2 Å². The fourth-order valence-electron chi connectivity index (χ4n) is 5.17. The Morgan fingerprint density at radius 1 is 1.17 bits per heavy atom. The van der Waals surface area contributed by atoms with Gasteiger partial charge in [-0.05, 0) is 43.9 Å². The average Bonchev–Trinajstić information content (AvgIpc) is 3.54. The van der Waals surface area contributed by atoms with Crippen LogP contribution in [0, 0.1) is 18.7 Å². The van der Waals surface area contributed by atoms with Gasteiger partial charge in [-0.1, -0.05) is 12.1 Å². The van der Waals surface area contributed by atoms with E-state index in [0.717, 1.165) is 5.70 Å². The first-order chi connectivity index (χ1) is 19.9. The number of nitrogens with zero attached hydrogens (tertiary/aromatic N) is 5. The normalized spacial score (nSPS) is 17.6. The summed E-state index contributed by atoms with van der Waals surface area (Å²) in [6.45, 7) is 5.08. The Morgan fingerprint density at radius 3 is 2.59 bits per heavy atom. The zero-order valence-electron chi connectivity index (χ0n) is 23.1. The molecule has 4 heterocycles. The predicted octanol–water partition coefficient (Wildman–Crippen LogP) is 3.92. The minimum Gasteiger partial charge on any atom is -0.466 e. The minimum atomic E-state index is -0.749. The minimum absolute atomic E-state index is 0.0229. The van der Waals surface area contributed by atoms with Crippen LogP contribution in [0.15, 0.2) is 58.4 Å². The molecule has 3 aromatic rings. The van der Waals surface area contributed by atoms with Crippen molar-refractivity contribution >= 4 is 35.1 Å². The third-order valence-electron chi connectivity index (χ3n) is 7.25. The van der Waals surface area contributed by atoms with Gasteiger partial charge in [0, 0.05) is 54.2 Å². The topological polar surface area (TPSA) is 119 Å². The molecule has 2 aliphatic rings. The third kappa shape index (κ3) is 6.12. The van der Waals surface area contributed by atoms with Crippen molar-refractivity contribution in [2.75, 3.05) is 31.7 Å². The van der Waals surface area contributed by atoms with Gasteiger partial charge < -0.3 is 19.7 Å². The molecule has 1 saturated heterocycles. The number of piperidine rings is 1. The summed E-state index contributed by atoms with van der Waals surface area (Å²) < 4.78 is 24.9. The first-order valence-electron chi connectivity index (χ1n) is 13.4. The maximum Gasteiger partial charge on any atom is 0.338 e. The molecule has 0 bridgehead atoms. The van der Waals surface area contributed by atoms with Crippen molar-refractivity contribution in [1.82, 2.24) is 20.3 Å². The maximum absolute atomic E-state index is 14.6. The van der Waals surface area contributed by atoms with Gasteiger partial charge in [-0.2, -0.15) is 0 Å². The number of benzene rings is 1. The molecule has 5 rings (SSSR count). The molecular formula is C29H31FN6O4S. The van der Waals surface area contributed by atoms with Crippen molar-refractivity contribution in [1.29, 1.82) is 0 Å². The van der Waals surface area contributed by atoms with Crippen molar-refractivity contribution in [2.45, 2.75) is 39.2 Å². The number of allylic oxidation sites excluding steroid dienone is 1. The zero-order valence-corrected chi connectivity index (χ0v) is 23.9. The molecule has 2 aliphatic heterocycles. The standard InChI is InChI=1S/C29H31FN6O4S/c1-4-40-22(37)14-18-15-32-29(33-16-18)36-11-8-19(9-12-36)24-23(28(38)39-3)25(20-6-5-7-21(30)17(20)2)35-26(34-24)27-31-10-13-41-27/h5-7,10,13,15-16,19,25H,4,8-9,11-12,14H2,1-3H3,(H,34,35). The van der Waals surface area contributed by atoms with Crippen molar-refractivity contribution in [3.05, 3.63) is 81.0 Å². The average molecular weight is 579 g/mol. The number of carbonyl (C=O) groups is 2. The van der Waals surface area contributed by atoms with Gasteiger partial charge >= 0.3 is 11.9 Å². The van der Waals surface area contributed by atoms with E-state index in [1.807, 2.05) is 5.38 Å². The van der Waals surface area contributed by atoms with Crippen LogP contribution in [0.4, 0.5) is 10.3 Å². The van der Waals surface area contributed by atoms with Crippen LogP contribution in [-0.2, 0) is 25.5 Å². The Morgan fingerprint density at radius 2 is 1.93 bits per heavy atom. The molecule has 0 spiro atoms. The monoisotopic (exact) mass is 578 g/mol. The fraction of sp³-hybridized carbons (Fsp3) is 0.379. The highest BCUT2D eigenvalue weighted by molar-refractivity contribution is 7.11. The number of aliphatic imine (C=N–C) groups is 1. The molecule has 41 heavy (non-hydrogen) atoms. The Kier molecular flexibility index (Phi) is 8.67. The molecule has 0 aliphatic carbocycles. The summed E-state index contributed by atoms with van der Waals surface area (Å²) in [5.74, 6) is -0.0881. The van der Waals surface area contributed by atoms with Crippen LogP contribution in [-0.4, -0.2) is 59.5 Å². The van der Waals surface area contributed by atoms with Crippen LogP contribution in [0.3, 0.4) is 0 Å². The maximum atomic E-state index is 14.6. The van der Waals surface area contributed by atoms with Crippen molar-refractivity contribution in [3.8, 4) is 0 Å². The summed E-state index contributed by atoms with van der Waals surface area (Å²) in [4.78, 5) is 45.3. The lowest BCUT2D eigenvalue weighted by atomic mass is 9.85. The highest BCUT2D eigenvalue weighted by Gasteiger charge is 2.37. The molecule has 0 radical (unpaired) electrons. The molecule has 2 aromatic heterocycles. The number of halogens is 1. The summed E-state index contributed by atoms with van der Waals surface area (Å²) >= 11 is 1.43. The molecule has 1 atom stereocenters. The van der Waals surface area contributed by atoms with E-state index >= 15 is 0 Å². The number of anilines is 1. The van der Waals surface area contributed by atoms with Gasteiger partial charge in [0.2, 0.25) is 5.95 Å². The second kappa shape index (κ2) is 12.5. The highest BCUT2D eigenvalue weighted by atomic mass is 32.1. The predicted molar refractivity (Wildman–Crippen MR) is 152 cm³/mol. The molecule has 10 nitrogen and oxygen atoms in total. The second-order valence-corrected chi connectivity index (χ2v) is 10.6. The highest BCUT2D eigenvalue weighted by Crippen LogP contribution is 2.39. The molecule has 1 N–H and O–H groups in total. The largest absolute Gasteiger partial charge is 0.466 e. The van der Waals surface area contributed by atoms with E-state index < -0.39 is 12.0 Å². The Labute approximate surface area is 241 Å².